The first-order chi connectivity index (χ1) is 8.29. The van der Waals surface area contributed by atoms with E-state index < -0.39 is 0 Å². The van der Waals surface area contributed by atoms with E-state index in [9.17, 15) is 4.79 Å². The maximum atomic E-state index is 11.3. The predicted molar refractivity (Wildman–Crippen MR) is 62.8 cm³/mol. The van der Waals surface area contributed by atoms with Gasteiger partial charge in [-0.1, -0.05) is 0 Å². The standard InChI is InChI=1S/C11H16N4O2/c1-17-5-2-9-6-10(14-8-13-9)15-4-3-12-11(16)7-15/h6,8H,2-5,7H2,1H3,(H,12,16). The zero-order valence-corrected chi connectivity index (χ0v) is 9.85. The summed E-state index contributed by atoms with van der Waals surface area (Å²) in [5, 5.41) is 2.79. The Morgan fingerprint density at radius 2 is 2.41 bits per heavy atom. The normalized spacial score (nSPS) is 15.8. The number of aromatic nitrogens is 2. The van der Waals surface area contributed by atoms with Gasteiger partial charge in [0.1, 0.15) is 12.1 Å². The number of piperazine rings is 1. The summed E-state index contributed by atoms with van der Waals surface area (Å²) in [6.07, 6.45) is 2.29. The van der Waals surface area contributed by atoms with Gasteiger partial charge in [-0.25, -0.2) is 9.97 Å². The highest BCUT2D eigenvalue weighted by Gasteiger charge is 2.17. The molecule has 0 aliphatic carbocycles. The van der Waals surface area contributed by atoms with Crippen LogP contribution in [0.4, 0.5) is 5.82 Å². The van der Waals surface area contributed by atoms with Crippen LogP contribution >= 0.6 is 0 Å². The second-order valence-electron chi connectivity index (χ2n) is 3.88. The van der Waals surface area contributed by atoms with E-state index in [1.54, 1.807) is 7.11 Å². The molecule has 1 saturated heterocycles. The van der Waals surface area contributed by atoms with Crippen LogP contribution in [0.2, 0.25) is 0 Å². The highest BCUT2D eigenvalue weighted by Crippen LogP contribution is 2.12. The number of ether oxygens (including phenoxy) is 1. The Morgan fingerprint density at radius 3 is 3.18 bits per heavy atom. The van der Waals surface area contributed by atoms with Gasteiger partial charge in [0.05, 0.1) is 13.2 Å². The van der Waals surface area contributed by atoms with E-state index in [1.807, 2.05) is 11.0 Å². The maximum absolute atomic E-state index is 11.3. The topological polar surface area (TPSA) is 67.3 Å². The first kappa shape index (κ1) is 11.8. The number of nitrogens with one attached hydrogen (secondary N) is 1. The van der Waals surface area contributed by atoms with Crippen molar-refractivity contribution in [1.29, 1.82) is 0 Å². The van der Waals surface area contributed by atoms with Crippen molar-refractivity contribution in [3.8, 4) is 0 Å². The van der Waals surface area contributed by atoms with Gasteiger partial charge in [0.2, 0.25) is 5.91 Å². The van der Waals surface area contributed by atoms with Gasteiger partial charge in [-0.2, -0.15) is 0 Å². The molecule has 1 aromatic heterocycles. The summed E-state index contributed by atoms with van der Waals surface area (Å²) in [5.41, 5.74) is 0.933. The summed E-state index contributed by atoms with van der Waals surface area (Å²) >= 11 is 0. The number of carbonyl (C=O) groups is 1. The molecule has 0 radical (unpaired) electrons. The van der Waals surface area contributed by atoms with Crippen LogP contribution in [0.1, 0.15) is 5.69 Å². The quantitative estimate of drug-likeness (QED) is 0.770. The lowest BCUT2D eigenvalue weighted by atomic mass is 10.3. The summed E-state index contributed by atoms with van der Waals surface area (Å²) in [4.78, 5) is 21.6. The largest absolute Gasteiger partial charge is 0.384 e. The molecule has 1 N–H and O–H groups in total. The van der Waals surface area contributed by atoms with E-state index >= 15 is 0 Å². The van der Waals surface area contributed by atoms with Crippen molar-refractivity contribution in [1.82, 2.24) is 15.3 Å². The van der Waals surface area contributed by atoms with E-state index in [1.165, 1.54) is 6.33 Å². The van der Waals surface area contributed by atoms with Gasteiger partial charge in [-0.3, -0.25) is 4.79 Å². The smallest absolute Gasteiger partial charge is 0.239 e. The number of methoxy groups -OCH3 is 1. The molecule has 0 atom stereocenters. The van der Waals surface area contributed by atoms with Crippen molar-refractivity contribution in [2.45, 2.75) is 6.42 Å². The molecule has 1 aliphatic heterocycles. The molecule has 92 valence electrons. The summed E-state index contributed by atoms with van der Waals surface area (Å²) in [5.74, 6) is 0.842. The van der Waals surface area contributed by atoms with Crippen LogP contribution in [0.3, 0.4) is 0 Å². The summed E-state index contributed by atoms with van der Waals surface area (Å²) < 4.78 is 5.01. The van der Waals surface area contributed by atoms with Crippen LogP contribution < -0.4 is 10.2 Å². The molecule has 6 nitrogen and oxygen atoms in total. The second kappa shape index (κ2) is 5.58. The fraction of sp³-hybridized carbons (Fsp3) is 0.545. The van der Waals surface area contributed by atoms with Gasteiger partial charge in [-0.05, 0) is 0 Å². The fourth-order valence-corrected chi connectivity index (χ4v) is 1.74. The molecule has 0 unspecified atom stereocenters. The first-order valence-corrected chi connectivity index (χ1v) is 5.61. The molecule has 17 heavy (non-hydrogen) atoms. The Balaban J connectivity index is 2.06. The number of carbonyl (C=O) groups excluding carboxylic acids is 1. The molecule has 1 amide bonds. The van der Waals surface area contributed by atoms with Crippen molar-refractivity contribution in [2.24, 2.45) is 0 Å². The van der Waals surface area contributed by atoms with Crippen molar-refractivity contribution >= 4 is 11.7 Å². The molecule has 1 fully saturated rings. The van der Waals surface area contributed by atoms with E-state index in [0.717, 1.165) is 24.5 Å². The van der Waals surface area contributed by atoms with E-state index in [-0.39, 0.29) is 5.91 Å². The Labute approximate surface area is 100 Å². The number of amides is 1. The van der Waals surface area contributed by atoms with Crippen molar-refractivity contribution in [2.75, 3.05) is 38.3 Å². The summed E-state index contributed by atoms with van der Waals surface area (Å²) in [6.45, 7) is 2.44. The highest BCUT2D eigenvalue weighted by atomic mass is 16.5. The van der Waals surface area contributed by atoms with Gasteiger partial charge >= 0.3 is 0 Å². The SMILES string of the molecule is COCCc1cc(N2CCNC(=O)C2)ncn1. The Hall–Kier alpha value is -1.69. The number of rotatable bonds is 4. The van der Waals surface area contributed by atoms with E-state index in [4.69, 9.17) is 4.74 Å². The highest BCUT2D eigenvalue weighted by molar-refractivity contribution is 5.82. The number of nitrogens with zero attached hydrogens (tertiary/aromatic N) is 3. The molecule has 0 saturated carbocycles. The van der Waals surface area contributed by atoms with Gasteiger partial charge in [0, 0.05) is 38.4 Å². The number of anilines is 1. The molecule has 1 aromatic rings. The van der Waals surface area contributed by atoms with E-state index in [0.29, 0.717) is 19.7 Å². The Kier molecular flexibility index (Phi) is 3.87. The minimum Gasteiger partial charge on any atom is -0.384 e. The molecule has 2 rings (SSSR count). The van der Waals surface area contributed by atoms with Crippen molar-refractivity contribution in [3.05, 3.63) is 18.1 Å². The Bertz CT molecular complexity index is 397. The van der Waals surface area contributed by atoms with Crippen LogP contribution in [0.15, 0.2) is 12.4 Å². The van der Waals surface area contributed by atoms with Crippen LogP contribution in [0.5, 0.6) is 0 Å². The molecule has 0 aromatic carbocycles. The average Bonchev–Trinajstić information content (AvgIpc) is 2.37. The van der Waals surface area contributed by atoms with Gasteiger partial charge in [0.25, 0.3) is 0 Å². The lowest BCUT2D eigenvalue weighted by molar-refractivity contribution is -0.120. The predicted octanol–water partition coefficient (Wildman–Crippen LogP) is -0.398. The lowest BCUT2D eigenvalue weighted by Crippen LogP contribution is -2.48. The third-order valence-electron chi connectivity index (χ3n) is 2.63. The monoisotopic (exact) mass is 236 g/mol. The van der Waals surface area contributed by atoms with Crippen LogP contribution in [0.25, 0.3) is 0 Å². The first-order valence-electron chi connectivity index (χ1n) is 5.61. The van der Waals surface area contributed by atoms with Crippen LogP contribution in [-0.4, -0.2) is 49.2 Å². The van der Waals surface area contributed by atoms with E-state index in [2.05, 4.69) is 15.3 Å². The number of hydrogen-bond acceptors (Lipinski definition) is 5. The van der Waals surface area contributed by atoms with Crippen molar-refractivity contribution < 1.29 is 9.53 Å². The summed E-state index contributed by atoms with van der Waals surface area (Å²) in [7, 11) is 1.66. The zero-order chi connectivity index (χ0) is 12.1. The van der Waals surface area contributed by atoms with Crippen molar-refractivity contribution in [3.63, 3.8) is 0 Å². The zero-order valence-electron chi connectivity index (χ0n) is 9.85. The molecular weight excluding hydrogens is 220 g/mol. The molecular formula is C11H16N4O2. The van der Waals surface area contributed by atoms with Gasteiger partial charge in [0.15, 0.2) is 0 Å². The Morgan fingerprint density at radius 1 is 1.53 bits per heavy atom. The molecule has 1 aliphatic rings. The molecule has 0 spiro atoms. The van der Waals surface area contributed by atoms with Gasteiger partial charge in [-0.15, -0.1) is 0 Å². The summed E-state index contributed by atoms with van der Waals surface area (Å²) in [6, 6.07) is 1.91. The molecule has 0 bridgehead atoms. The average molecular weight is 236 g/mol. The molecule has 2 heterocycles. The van der Waals surface area contributed by atoms with Crippen LogP contribution in [-0.2, 0) is 16.0 Å². The van der Waals surface area contributed by atoms with Crippen LogP contribution in [0, 0.1) is 0 Å². The second-order valence-corrected chi connectivity index (χ2v) is 3.88. The van der Waals surface area contributed by atoms with Gasteiger partial charge < -0.3 is 15.0 Å². The lowest BCUT2D eigenvalue weighted by Gasteiger charge is -2.27. The molecule has 6 heteroatoms. The minimum atomic E-state index is 0.0355. The maximum Gasteiger partial charge on any atom is 0.239 e. The third-order valence-corrected chi connectivity index (χ3v) is 2.63. The fourth-order valence-electron chi connectivity index (χ4n) is 1.74. The minimum absolute atomic E-state index is 0.0355. The number of hydrogen-bond donors (Lipinski definition) is 1. The third kappa shape index (κ3) is 3.13.